The van der Waals surface area contributed by atoms with E-state index in [0.29, 0.717) is 0 Å². The highest BCUT2D eigenvalue weighted by Crippen LogP contribution is 1.82. The van der Waals surface area contributed by atoms with Crippen LogP contribution in [0.5, 0.6) is 0 Å². The molecule has 0 aromatic heterocycles. The van der Waals surface area contributed by atoms with Gasteiger partial charge in [-0.1, -0.05) is 6.90 Å². The first kappa shape index (κ1) is 4.59. The van der Waals surface area contributed by atoms with Crippen molar-refractivity contribution in [3.63, 3.8) is 0 Å². The van der Waals surface area contributed by atoms with E-state index in [2.05, 4.69) is 0 Å². The molecule has 42 valence electrons. The number of aliphatic carboxylic acids is 1. The van der Waals surface area contributed by atoms with Crippen LogP contribution in [0.1, 0.15) is 14.7 Å². The Morgan fingerprint density at radius 1 is 2.29 bits per heavy atom. The number of carboxylic acid groups (broad SMARTS) is 1. The Morgan fingerprint density at radius 3 is 3.00 bits per heavy atom. The standard InChI is InChI=1S/C4H9NO2/c1-2-3(5)4(6)7/h3H,2,5H2,1H3,(H,6,7)/t3-/m0/s1/i1+1D,3+1,5+1. The molecule has 0 bridgehead atoms. The van der Waals surface area contributed by atoms with Gasteiger partial charge in [0.1, 0.15) is 6.04 Å². The van der Waals surface area contributed by atoms with Crippen molar-refractivity contribution in [2.24, 2.45) is 5.73 Å². The van der Waals surface area contributed by atoms with E-state index in [9.17, 15) is 4.79 Å². The summed E-state index contributed by atoms with van der Waals surface area (Å²) in [5.41, 5.74) is 5.01. The van der Waals surface area contributed by atoms with Gasteiger partial charge in [0.15, 0.2) is 0 Å². The second kappa shape index (κ2) is 2.58. The lowest BCUT2D eigenvalue weighted by molar-refractivity contribution is -0.138. The minimum atomic E-state index is -1.03. The molecule has 0 amide bonds. The van der Waals surface area contributed by atoms with Crippen LogP contribution in [-0.2, 0) is 4.79 Å². The molecule has 0 spiro atoms. The van der Waals surface area contributed by atoms with Crippen molar-refractivity contribution in [3.8, 4) is 0 Å². The Kier molecular flexibility index (Phi) is 1.69. The van der Waals surface area contributed by atoms with E-state index < -0.39 is 12.0 Å². The van der Waals surface area contributed by atoms with Gasteiger partial charge in [-0.05, 0) is 6.42 Å². The third-order valence-electron chi connectivity index (χ3n) is 0.628. The smallest absolute Gasteiger partial charge is 0.320 e. The molecule has 1 atom stereocenters. The summed E-state index contributed by atoms with van der Waals surface area (Å²) < 4.78 is 6.58. The lowest BCUT2D eigenvalue weighted by atomic mass is 10.7. The Labute approximate surface area is 43.5 Å². The summed E-state index contributed by atoms with van der Waals surface area (Å²) in [7, 11) is 0. The third-order valence-corrected chi connectivity index (χ3v) is 0.628. The van der Waals surface area contributed by atoms with Crippen LogP contribution in [0, 0.1) is 0 Å². The summed E-state index contributed by atoms with van der Waals surface area (Å²) in [5.74, 6) is -1.03. The highest BCUT2D eigenvalue weighted by atomic mass is 16.4. The molecule has 0 aliphatic carbocycles. The molecular formula is C4H9NO2. The van der Waals surface area contributed by atoms with Crippen LogP contribution in [0.15, 0.2) is 0 Å². The van der Waals surface area contributed by atoms with Gasteiger partial charge in [0.25, 0.3) is 0 Å². The first-order valence-corrected chi connectivity index (χ1v) is 1.96. The average molecular weight is 107 g/mol. The maximum Gasteiger partial charge on any atom is 0.320 e. The van der Waals surface area contributed by atoms with Crippen molar-refractivity contribution in [2.45, 2.75) is 19.4 Å². The van der Waals surface area contributed by atoms with Crippen LogP contribution in [0.3, 0.4) is 0 Å². The van der Waals surface area contributed by atoms with Crippen LogP contribution in [-0.4, -0.2) is 17.1 Å². The Balaban J connectivity index is 3.32. The van der Waals surface area contributed by atoms with Crippen LogP contribution in [0.2, 0.25) is 0 Å². The first-order valence-electron chi connectivity index (χ1n) is 2.67. The normalized spacial score (nSPS) is 15.3. The molecule has 0 saturated heterocycles. The predicted molar refractivity (Wildman–Crippen MR) is 25.9 cm³/mol. The molecule has 0 aliphatic heterocycles. The molecule has 0 saturated carbocycles. The van der Waals surface area contributed by atoms with E-state index in [0.717, 1.165) is 0 Å². The molecular weight excluding hydrogens is 97.0 g/mol. The van der Waals surface area contributed by atoms with E-state index in [1.54, 1.807) is 0 Å². The zero-order valence-corrected chi connectivity index (χ0v) is 3.92. The van der Waals surface area contributed by atoms with Crippen LogP contribution in [0.4, 0.5) is 0 Å². The van der Waals surface area contributed by atoms with Crippen molar-refractivity contribution in [1.29, 1.82) is 0 Å². The van der Waals surface area contributed by atoms with Crippen molar-refractivity contribution in [2.75, 3.05) is 0 Å². The zero-order valence-electron chi connectivity index (χ0n) is 4.92. The molecule has 0 heterocycles. The van der Waals surface area contributed by atoms with Gasteiger partial charge in [-0.15, -0.1) is 0 Å². The lowest BCUT2D eigenvalue weighted by Crippen LogP contribution is -2.28. The van der Waals surface area contributed by atoms with E-state index >= 15 is 0 Å². The second-order valence-corrected chi connectivity index (χ2v) is 1.23. The fraction of sp³-hybridized carbons (Fsp3) is 0.750. The van der Waals surface area contributed by atoms with Crippen molar-refractivity contribution >= 4 is 5.97 Å². The molecule has 0 radical (unpaired) electrons. The van der Waals surface area contributed by atoms with Gasteiger partial charge >= 0.3 is 5.97 Å². The Bertz CT molecular complexity index is 86.1. The van der Waals surface area contributed by atoms with Crippen molar-refractivity contribution in [3.05, 3.63) is 0 Å². The largest absolute Gasteiger partial charge is 0.480 e. The second-order valence-electron chi connectivity index (χ2n) is 1.23. The molecule has 0 aromatic carbocycles. The number of carboxylic acids is 1. The van der Waals surface area contributed by atoms with Crippen LogP contribution < -0.4 is 5.73 Å². The SMILES string of the molecule is [2H][13CH2]C[13C@H]([15NH2])C(=O)O. The van der Waals surface area contributed by atoms with Crippen LogP contribution in [0.25, 0.3) is 0 Å². The summed E-state index contributed by atoms with van der Waals surface area (Å²) >= 11 is 0. The highest BCUT2D eigenvalue weighted by molar-refractivity contribution is 5.72. The fourth-order valence-electron chi connectivity index (χ4n) is 0.123. The van der Waals surface area contributed by atoms with Gasteiger partial charge in [0.05, 0.1) is 0 Å². The summed E-state index contributed by atoms with van der Waals surface area (Å²) in [6.45, 7) is 0.0769. The number of hydrogen-bond donors (Lipinski definition) is 2. The number of hydrogen-bond acceptors (Lipinski definition) is 2. The monoisotopic (exact) mass is 107 g/mol. The van der Waals surface area contributed by atoms with Crippen molar-refractivity contribution < 1.29 is 11.3 Å². The van der Waals surface area contributed by atoms with Crippen molar-refractivity contribution in [1.82, 2.24) is 0 Å². The maximum atomic E-state index is 9.88. The fourth-order valence-corrected chi connectivity index (χ4v) is 0.123. The summed E-state index contributed by atoms with van der Waals surface area (Å²) in [6.07, 6.45) is 0.231. The van der Waals surface area contributed by atoms with Gasteiger partial charge in [-0.25, -0.2) is 0 Å². The van der Waals surface area contributed by atoms with E-state index in [1.165, 1.54) is 0 Å². The zero-order chi connectivity index (χ0) is 6.57. The number of rotatable bonds is 2. The highest BCUT2D eigenvalue weighted by Gasteiger charge is 2.05. The van der Waals surface area contributed by atoms with E-state index in [-0.39, 0.29) is 13.3 Å². The Morgan fingerprint density at radius 2 is 2.86 bits per heavy atom. The minimum Gasteiger partial charge on any atom is -0.480 e. The van der Waals surface area contributed by atoms with Gasteiger partial charge in [-0.2, -0.15) is 0 Å². The molecule has 3 N–H and O–H groups in total. The summed E-state index contributed by atoms with van der Waals surface area (Å²) in [6, 6.07) is -0.854. The van der Waals surface area contributed by atoms with Gasteiger partial charge in [0.2, 0.25) is 0 Å². The molecule has 0 aromatic rings. The average Bonchev–Trinajstić information content (AvgIpc) is 1.67. The third kappa shape index (κ3) is 2.17. The molecule has 0 fully saturated rings. The number of carbonyl (C=O) groups is 1. The first-order chi connectivity index (χ1) is 3.68. The topological polar surface area (TPSA) is 63.3 Å². The minimum absolute atomic E-state index is 0.0769. The summed E-state index contributed by atoms with van der Waals surface area (Å²) in [5, 5.41) is 8.10. The molecule has 3 nitrogen and oxygen atoms in total. The van der Waals surface area contributed by atoms with E-state index in [1.807, 2.05) is 0 Å². The lowest BCUT2D eigenvalue weighted by Gasteiger charge is -1.97. The molecule has 7 heavy (non-hydrogen) atoms. The molecule has 0 aliphatic rings. The van der Waals surface area contributed by atoms with Gasteiger partial charge in [-0.3, -0.25) is 4.79 Å². The molecule has 3 heteroatoms. The number of nitrogens with two attached hydrogens (primary N) is 1. The molecule has 0 unspecified atom stereocenters. The van der Waals surface area contributed by atoms with E-state index in [4.69, 9.17) is 12.2 Å². The van der Waals surface area contributed by atoms with Gasteiger partial charge in [0, 0.05) is 1.37 Å². The predicted octanol–water partition coefficient (Wildman–Crippen LogP) is -0.192. The maximum absolute atomic E-state index is 9.88. The molecule has 0 rings (SSSR count). The van der Waals surface area contributed by atoms with Crippen LogP contribution >= 0.6 is 0 Å². The quantitative estimate of drug-likeness (QED) is 0.379. The summed E-state index contributed by atoms with van der Waals surface area (Å²) in [4.78, 5) is 9.88. The van der Waals surface area contributed by atoms with Gasteiger partial charge < -0.3 is 10.8 Å². The Hall–Kier alpha value is -0.570.